The Kier molecular flexibility index (Phi) is 4.33. The van der Waals surface area contributed by atoms with Gasteiger partial charge in [-0.05, 0) is 41.8 Å². The van der Waals surface area contributed by atoms with Gasteiger partial charge in [0.25, 0.3) is 11.8 Å². The van der Waals surface area contributed by atoms with Crippen molar-refractivity contribution in [1.29, 1.82) is 0 Å². The van der Waals surface area contributed by atoms with Crippen molar-refractivity contribution >= 4 is 34.3 Å². The second kappa shape index (κ2) is 6.90. The topological polar surface area (TPSA) is 77.7 Å². The Labute approximate surface area is 172 Å². The van der Waals surface area contributed by atoms with Gasteiger partial charge in [0.2, 0.25) is 0 Å². The van der Waals surface area contributed by atoms with Crippen molar-refractivity contribution in [3.63, 3.8) is 0 Å². The van der Waals surface area contributed by atoms with E-state index in [4.69, 9.17) is 16.3 Å². The smallest absolute Gasteiger partial charge is 0.268 e. The van der Waals surface area contributed by atoms with Crippen molar-refractivity contribution in [1.82, 2.24) is 15.2 Å². The number of hydrogen-bond donors (Lipinski definition) is 2. The van der Waals surface area contributed by atoms with Gasteiger partial charge in [-0.2, -0.15) is 0 Å². The fourth-order valence-corrected chi connectivity index (χ4v) is 4.39. The number of aromatic amines is 1. The average molecular weight is 410 g/mol. The van der Waals surface area contributed by atoms with Gasteiger partial charge in [0, 0.05) is 23.0 Å². The first-order valence-corrected chi connectivity index (χ1v) is 9.94. The van der Waals surface area contributed by atoms with Gasteiger partial charge < -0.3 is 19.9 Å². The van der Waals surface area contributed by atoms with E-state index in [0.29, 0.717) is 23.7 Å². The van der Waals surface area contributed by atoms with E-state index in [1.165, 1.54) is 0 Å². The molecule has 29 heavy (non-hydrogen) atoms. The molecule has 2 N–H and O–H groups in total. The number of ether oxygens (including phenoxy) is 1. The fourth-order valence-electron chi connectivity index (χ4n) is 4.21. The monoisotopic (exact) mass is 409 g/mol. The van der Waals surface area contributed by atoms with E-state index in [0.717, 1.165) is 22.0 Å². The Morgan fingerprint density at radius 2 is 2.00 bits per heavy atom. The number of nitrogens with zero attached hydrogens (tertiary/aromatic N) is 1. The number of fused-ring (bicyclic) bond motifs is 2. The summed E-state index contributed by atoms with van der Waals surface area (Å²) in [5, 5.41) is 4.63. The molecule has 7 heteroatoms. The van der Waals surface area contributed by atoms with Gasteiger partial charge in [0.05, 0.1) is 18.7 Å². The number of aromatic nitrogens is 1. The Bertz CT molecular complexity index is 1120. The summed E-state index contributed by atoms with van der Waals surface area (Å²) in [6.07, 6.45) is 0.310. The molecular weight excluding hydrogens is 390 g/mol. The summed E-state index contributed by atoms with van der Waals surface area (Å²) in [5.74, 6) is -0.255. The van der Waals surface area contributed by atoms with Gasteiger partial charge in [-0.1, -0.05) is 35.9 Å². The van der Waals surface area contributed by atoms with Crippen molar-refractivity contribution in [2.75, 3.05) is 13.7 Å². The second-order valence-electron chi connectivity index (χ2n) is 7.61. The van der Waals surface area contributed by atoms with Crippen molar-refractivity contribution < 1.29 is 14.3 Å². The molecule has 3 aromatic rings. The minimum Gasteiger partial charge on any atom is -0.363 e. The molecular formula is C22H20ClN3O3. The molecule has 2 amide bonds. The van der Waals surface area contributed by atoms with E-state index in [1.54, 1.807) is 24.1 Å². The molecule has 2 aliphatic rings. The molecule has 0 radical (unpaired) electrons. The van der Waals surface area contributed by atoms with Crippen LogP contribution < -0.4 is 5.32 Å². The first-order chi connectivity index (χ1) is 14.0. The van der Waals surface area contributed by atoms with Crippen molar-refractivity contribution in [3.05, 3.63) is 70.4 Å². The summed E-state index contributed by atoms with van der Waals surface area (Å²) in [4.78, 5) is 30.5. The lowest BCUT2D eigenvalue weighted by Gasteiger charge is -2.30. The molecule has 5 rings (SSSR count). The summed E-state index contributed by atoms with van der Waals surface area (Å²) in [6, 6.07) is 14.8. The lowest BCUT2D eigenvalue weighted by Crippen LogP contribution is -2.46. The maximum Gasteiger partial charge on any atom is 0.268 e. The molecule has 0 saturated carbocycles. The highest BCUT2D eigenvalue weighted by Crippen LogP contribution is 2.36. The van der Waals surface area contributed by atoms with Crippen LogP contribution in [0.2, 0.25) is 5.02 Å². The molecule has 1 aliphatic heterocycles. The molecule has 6 nitrogen and oxygen atoms in total. The molecule has 148 valence electrons. The predicted molar refractivity (Wildman–Crippen MR) is 110 cm³/mol. The van der Waals surface area contributed by atoms with Gasteiger partial charge in [-0.3, -0.25) is 9.59 Å². The number of carbonyl (C=O) groups excluding carboxylic acids is 2. The van der Waals surface area contributed by atoms with Gasteiger partial charge in [0.1, 0.15) is 5.69 Å². The van der Waals surface area contributed by atoms with E-state index >= 15 is 0 Å². The number of benzene rings is 2. The molecule has 0 unspecified atom stereocenters. The van der Waals surface area contributed by atoms with Crippen LogP contribution in [0.1, 0.15) is 27.7 Å². The Balaban J connectivity index is 1.42. The Morgan fingerprint density at radius 1 is 1.21 bits per heavy atom. The SMILES string of the molecule is CN(C(=O)[C@@H]1CO1)[C@@H]1c2ccccc2C[C@H]1NC(=O)c1cc2cc(Cl)ccc2[nH]1. The normalized spacial score (nSPS) is 22.3. The Hall–Kier alpha value is -2.83. The third-order valence-corrected chi connectivity index (χ3v) is 5.95. The molecule has 1 aromatic heterocycles. The molecule has 1 saturated heterocycles. The maximum absolute atomic E-state index is 13.0. The lowest BCUT2D eigenvalue weighted by atomic mass is 10.0. The zero-order chi connectivity index (χ0) is 20.1. The van der Waals surface area contributed by atoms with Gasteiger partial charge in [-0.15, -0.1) is 0 Å². The highest BCUT2D eigenvalue weighted by Gasteiger charge is 2.42. The second-order valence-corrected chi connectivity index (χ2v) is 8.05. The first-order valence-electron chi connectivity index (χ1n) is 9.56. The summed E-state index contributed by atoms with van der Waals surface area (Å²) in [5.41, 5.74) is 3.53. The Morgan fingerprint density at radius 3 is 2.79 bits per heavy atom. The molecule has 0 spiro atoms. The number of nitrogens with one attached hydrogen (secondary N) is 2. The van der Waals surface area contributed by atoms with Gasteiger partial charge in [-0.25, -0.2) is 0 Å². The quantitative estimate of drug-likeness (QED) is 0.650. The van der Waals surface area contributed by atoms with E-state index in [2.05, 4.69) is 10.3 Å². The molecule has 1 fully saturated rings. The summed E-state index contributed by atoms with van der Waals surface area (Å²) < 4.78 is 5.17. The number of amides is 2. The van der Waals surface area contributed by atoms with Crippen LogP contribution in [0.25, 0.3) is 10.9 Å². The average Bonchev–Trinajstić information content (AvgIpc) is 3.37. The number of H-pyrrole nitrogens is 1. The minimum absolute atomic E-state index is 0.0498. The largest absolute Gasteiger partial charge is 0.363 e. The zero-order valence-electron chi connectivity index (χ0n) is 15.8. The maximum atomic E-state index is 13.0. The van der Waals surface area contributed by atoms with Crippen LogP contribution in [0, 0.1) is 0 Å². The fraction of sp³-hybridized carbons (Fsp3) is 0.273. The molecule has 3 atom stereocenters. The van der Waals surface area contributed by atoms with E-state index in [9.17, 15) is 9.59 Å². The number of rotatable bonds is 4. The molecule has 2 aromatic carbocycles. The van der Waals surface area contributed by atoms with Crippen LogP contribution in [0.5, 0.6) is 0 Å². The summed E-state index contributed by atoms with van der Waals surface area (Å²) >= 11 is 6.05. The number of hydrogen-bond acceptors (Lipinski definition) is 3. The van der Waals surface area contributed by atoms with Crippen LogP contribution in [-0.4, -0.2) is 47.5 Å². The number of halogens is 1. The molecule has 2 heterocycles. The first kappa shape index (κ1) is 18.2. The number of carbonyl (C=O) groups is 2. The highest BCUT2D eigenvalue weighted by atomic mass is 35.5. The van der Waals surface area contributed by atoms with E-state index < -0.39 is 0 Å². The highest BCUT2D eigenvalue weighted by molar-refractivity contribution is 6.31. The van der Waals surface area contributed by atoms with Crippen LogP contribution in [0.15, 0.2) is 48.5 Å². The van der Waals surface area contributed by atoms with Crippen LogP contribution in [0.4, 0.5) is 0 Å². The lowest BCUT2D eigenvalue weighted by molar-refractivity contribution is -0.133. The third kappa shape index (κ3) is 3.28. The number of epoxide rings is 1. The van der Waals surface area contributed by atoms with Gasteiger partial charge >= 0.3 is 0 Å². The van der Waals surface area contributed by atoms with Crippen LogP contribution >= 0.6 is 11.6 Å². The van der Waals surface area contributed by atoms with Crippen LogP contribution in [0.3, 0.4) is 0 Å². The standard InChI is InChI=1S/C22H20ClN3O3/c1-26(22(28)19-11-29-19)20-15-5-3-2-4-12(15)9-17(20)25-21(27)18-10-13-8-14(23)6-7-16(13)24-18/h2-8,10,17,19-20,24H,9,11H2,1H3,(H,25,27)/t17-,19+,20-/m1/s1. The number of likely N-dealkylation sites (N-methyl/N-ethyl adjacent to an activating group) is 1. The van der Waals surface area contributed by atoms with Crippen molar-refractivity contribution in [2.45, 2.75) is 24.6 Å². The van der Waals surface area contributed by atoms with Gasteiger partial charge in [0.15, 0.2) is 6.10 Å². The van der Waals surface area contributed by atoms with Crippen molar-refractivity contribution in [3.8, 4) is 0 Å². The molecule has 1 aliphatic carbocycles. The van der Waals surface area contributed by atoms with Crippen LogP contribution in [-0.2, 0) is 16.0 Å². The van der Waals surface area contributed by atoms with E-state index in [1.807, 2.05) is 36.4 Å². The predicted octanol–water partition coefficient (Wildman–Crippen LogP) is 3.07. The summed E-state index contributed by atoms with van der Waals surface area (Å²) in [7, 11) is 1.78. The third-order valence-electron chi connectivity index (χ3n) is 5.71. The zero-order valence-corrected chi connectivity index (χ0v) is 16.6. The minimum atomic E-state index is -0.359. The molecule has 0 bridgehead atoms. The van der Waals surface area contributed by atoms with E-state index in [-0.39, 0.29) is 30.0 Å². The summed E-state index contributed by atoms with van der Waals surface area (Å²) in [6.45, 7) is 0.464. The van der Waals surface area contributed by atoms with Crippen molar-refractivity contribution in [2.24, 2.45) is 0 Å².